The van der Waals surface area contributed by atoms with Crippen molar-refractivity contribution in [1.82, 2.24) is 4.98 Å². The molecule has 0 bridgehead atoms. The lowest BCUT2D eigenvalue weighted by atomic mass is 10.2. The maximum Gasteiger partial charge on any atom is 0.236 e. The molecule has 0 aliphatic carbocycles. The van der Waals surface area contributed by atoms with Gasteiger partial charge in [-0.1, -0.05) is 12.1 Å². The molecule has 5 nitrogen and oxygen atoms in total. The SMILES string of the molecule is Cc1ccc(NS(=O)(=O)Cc2cccc(N)c2)c(C)n1. The number of benzene rings is 1. The molecule has 0 aliphatic rings. The average Bonchev–Trinajstić information content (AvgIpc) is 2.32. The van der Waals surface area contributed by atoms with Gasteiger partial charge in [0, 0.05) is 11.4 Å². The average molecular weight is 291 g/mol. The standard InChI is InChI=1S/C14H17N3O2S/c1-10-6-7-14(11(2)16-10)17-20(18,19)9-12-4-3-5-13(15)8-12/h3-8,17H,9,15H2,1-2H3. The molecule has 0 fully saturated rings. The third-order valence-corrected chi connectivity index (χ3v) is 4.04. The molecule has 6 heteroatoms. The van der Waals surface area contributed by atoms with Gasteiger partial charge in [0.1, 0.15) is 0 Å². The highest BCUT2D eigenvalue weighted by atomic mass is 32.2. The fraction of sp³-hybridized carbons (Fsp3) is 0.214. The van der Waals surface area contributed by atoms with Crippen LogP contribution in [0, 0.1) is 13.8 Å². The van der Waals surface area contributed by atoms with E-state index in [1.54, 1.807) is 43.3 Å². The molecule has 0 saturated carbocycles. The molecule has 2 aromatic rings. The smallest absolute Gasteiger partial charge is 0.236 e. The van der Waals surface area contributed by atoms with E-state index >= 15 is 0 Å². The van der Waals surface area contributed by atoms with E-state index in [9.17, 15) is 8.42 Å². The van der Waals surface area contributed by atoms with Crippen molar-refractivity contribution in [3.05, 3.63) is 53.3 Å². The molecule has 0 unspecified atom stereocenters. The number of nitrogen functional groups attached to an aromatic ring is 1. The quantitative estimate of drug-likeness (QED) is 0.846. The Morgan fingerprint density at radius 1 is 1.20 bits per heavy atom. The highest BCUT2D eigenvalue weighted by Gasteiger charge is 2.13. The summed E-state index contributed by atoms with van der Waals surface area (Å²) in [4.78, 5) is 4.23. The molecule has 2 rings (SSSR count). The number of pyridine rings is 1. The normalized spacial score (nSPS) is 11.3. The molecule has 0 atom stereocenters. The molecular formula is C14H17N3O2S. The molecule has 1 aromatic heterocycles. The van der Waals surface area contributed by atoms with Crippen LogP contribution >= 0.6 is 0 Å². The summed E-state index contributed by atoms with van der Waals surface area (Å²) in [6.45, 7) is 3.63. The van der Waals surface area contributed by atoms with Crippen LogP contribution in [0.25, 0.3) is 0 Å². The van der Waals surface area contributed by atoms with Crippen molar-refractivity contribution in [3.63, 3.8) is 0 Å². The first-order valence-electron chi connectivity index (χ1n) is 6.15. The molecule has 0 spiro atoms. The van der Waals surface area contributed by atoms with Crippen LogP contribution in [0.5, 0.6) is 0 Å². The largest absolute Gasteiger partial charge is 0.399 e. The van der Waals surface area contributed by atoms with Crippen LogP contribution in [-0.4, -0.2) is 13.4 Å². The number of nitrogens with one attached hydrogen (secondary N) is 1. The van der Waals surface area contributed by atoms with Crippen molar-refractivity contribution in [1.29, 1.82) is 0 Å². The number of hydrogen-bond acceptors (Lipinski definition) is 4. The van der Waals surface area contributed by atoms with Crippen LogP contribution in [0.3, 0.4) is 0 Å². The molecular weight excluding hydrogens is 274 g/mol. The van der Waals surface area contributed by atoms with Gasteiger partial charge in [0.05, 0.1) is 17.1 Å². The minimum absolute atomic E-state index is 0.120. The molecule has 0 radical (unpaired) electrons. The molecule has 0 saturated heterocycles. The van der Waals surface area contributed by atoms with Crippen molar-refractivity contribution in [2.24, 2.45) is 0 Å². The molecule has 106 valence electrons. The second-order valence-corrected chi connectivity index (χ2v) is 6.41. The fourth-order valence-electron chi connectivity index (χ4n) is 1.90. The minimum atomic E-state index is -3.49. The second-order valence-electron chi connectivity index (χ2n) is 4.69. The number of sulfonamides is 1. The molecule has 0 aliphatic heterocycles. The Kier molecular flexibility index (Phi) is 3.94. The van der Waals surface area contributed by atoms with Gasteiger partial charge in [0.2, 0.25) is 10.0 Å². The van der Waals surface area contributed by atoms with Crippen LogP contribution in [-0.2, 0) is 15.8 Å². The van der Waals surface area contributed by atoms with Crippen LogP contribution < -0.4 is 10.5 Å². The van der Waals surface area contributed by atoms with E-state index in [2.05, 4.69) is 9.71 Å². The van der Waals surface area contributed by atoms with Crippen molar-refractivity contribution in [3.8, 4) is 0 Å². The number of aryl methyl sites for hydroxylation is 2. The lowest BCUT2D eigenvalue weighted by molar-refractivity contribution is 0.600. The van der Waals surface area contributed by atoms with Gasteiger partial charge in [0.15, 0.2) is 0 Å². The Morgan fingerprint density at radius 2 is 1.95 bits per heavy atom. The minimum Gasteiger partial charge on any atom is -0.399 e. The summed E-state index contributed by atoms with van der Waals surface area (Å²) in [5.74, 6) is -0.120. The summed E-state index contributed by atoms with van der Waals surface area (Å²) in [7, 11) is -3.49. The van der Waals surface area contributed by atoms with Crippen molar-refractivity contribution in [2.45, 2.75) is 19.6 Å². The number of nitrogens with zero attached hydrogens (tertiary/aromatic N) is 1. The van der Waals surface area contributed by atoms with Gasteiger partial charge in [-0.2, -0.15) is 0 Å². The third-order valence-electron chi connectivity index (χ3n) is 2.80. The van der Waals surface area contributed by atoms with Gasteiger partial charge in [-0.15, -0.1) is 0 Å². The predicted molar refractivity (Wildman–Crippen MR) is 80.8 cm³/mol. The van der Waals surface area contributed by atoms with E-state index in [0.29, 0.717) is 22.6 Å². The Balaban J connectivity index is 2.19. The first-order chi connectivity index (χ1) is 9.35. The summed E-state index contributed by atoms with van der Waals surface area (Å²) in [6.07, 6.45) is 0. The number of anilines is 2. The predicted octanol–water partition coefficient (Wildman–Crippen LogP) is 2.22. The van der Waals surface area contributed by atoms with E-state index < -0.39 is 10.0 Å². The molecule has 1 aromatic carbocycles. The lowest BCUT2D eigenvalue weighted by Gasteiger charge is -2.10. The van der Waals surface area contributed by atoms with E-state index in [1.165, 1.54) is 0 Å². The number of aromatic nitrogens is 1. The van der Waals surface area contributed by atoms with Crippen molar-refractivity contribution < 1.29 is 8.42 Å². The second kappa shape index (κ2) is 5.50. The number of nitrogens with two attached hydrogens (primary N) is 1. The Labute approximate surface area is 118 Å². The number of rotatable bonds is 4. The zero-order chi connectivity index (χ0) is 14.8. The van der Waals surface area contributed by atoms with Gasteiger partial charge in [0.25, 0.3) is 0 Å². The van der Waals surface area contributed by atoms with E-state index in [-0.39, 0.29) is 5.75 Å². The molecule has 3 N–H and O–H groups in total. The summed E-state index contributed by atoms with van der Waals surface area (Å²) >= 11 is 0. The zero-order valence-corrected chi connectivity index (χ0v) is 12.2. The maximum atomic E-state index is 12.1. The number of hydrogen-bond donors (Lipinski definition) is 2. The summed E-state index contributed by atoms with van der Waals surface area (Å²) in [5.41, 5.74) is 8.84. The van der Waals surface area contributed by atoms with Gasteiger partial charge < -0.3 is 5.73 Å². The summed E-state index contributed by atoms with van der Waals surface area (Å²) < 4.78 is 26.8. The highest BCUT2D eigenvalue weighted by Crippen LogP contribution is 2.17. The summed E-state index contributed by atoms with van der Waals surface area (Å²) in [6, 6.07) is 10.3. The first kappa shape index (κ1) is 14.3. The van der Waals surface area contributed by atoms with Gasteiger partial charge >= 0.3 is 0 Å². The van der Waals surface area contributed by atoms with Crippen molar-refractivity contribution >= 4 is 21.4 Å². The summed E-state index contributed by atoms with van der Waals surface area (Å²) in [5, 5.41) is 0. The van der Waals surface area contributed by atoms with Gasteiger partial charge in [-0.05, 0) is 43.7 Å². The van der Waals surface area contributed by atoms with E-state index in [4.69, 9.17) is 5.73 Å². The zero-order valence-electron chi connectivity index (χ0n) is 11.4. The maximum absolute atomic E-state index is 12.1. The Morgan fingerprint density at radius 3 is 2.60 bits per heavy atom. The molecule has 0 amide bonds. The van der Waals surface area contributed by atoms with Crippen LogP contribution in [0.1, 0.15) is 17.0 Å². The Hall–Kier alpha value is -2.08. The fourth-order valence-corrected chi connectivity index (χ4v) is 3.14. The van der Waals surface area contributed by atoms with Gasteiger partial charge in [-0.25, -0.2) is 8.42 Å². The third kappa shape index (κ3) is 3.71. The van der Waals surface area contributed by atoms with Crippen LogP contribution in [0.2, 0.25) is 0 Å². The van der Waals surface area contributed by atoms with Crippen molar-refractivity contribution in [2.75, 3.05) is 10.5 Å². The van der Waals surface area contributed by atoms with Gasteiger partial charge in [-0.3, -0.25) is 9.71 Å². The van der Waals surface area contributed by atoms with Crippen LogP contribution in [0.15, 0.2) is 36.4 Å². The highest BCUT2D eigenvalue weighted by molar-refractivity contribution is 7.91. The molecule has 20 heavy (non-hydrogen) atoms. The molecule has 1 heterocycles. The van der Waals surface area contributed by atoms with Crippen LogP contribution in [0.4, 0.5) is 11.4 Å². The monoisotopic (exact) mass is 291 g/mol. The topological polar surface area (TPSA) is 85.1 Å². The van der Waals surface area contributed by atoms with E-state index in [1.807, 2.05) is 6.92 Å². The first-order valence-corrected chi connectivity index (χ1v) is 7.80. The van der Waals surface area contributed by atoms with E-state index in [0.717, 1.165) is 5.69 Å². The lowest BCUT2D eigenvalue weighted by Crippen LogP contribution is -2.16. The Bertz CT molecular complexity index is 727.